The maximum absolute atomic E-state index is 11.9. The molecule has 0 N–H and O–H groups in total. The molecule has 2 aromatic rings. The highest BCUT2D eigenvalue weighted by atomic mass is 32.1. The first-order valence-electron chi connectivity index (χ1n) is 11.0. The van der Waals surface area contributed by atoms with Crippen LogP contribution in [0, 0.1) is 13.8 Å². The van der Waals surface area contributed by atoms with E-state index >= 15 is 0 Å². The van der Waals surface area contributed by atoms with E-state index < -0.39 is 0 Å². The second kappa shape index (κ2) is 10.2. The molecule has 4 rings (SSSR count). The number of fused-ring (bicyclic) bond motifs is 1. The van der Waals surface area contributed by atoms with Crippen LogP contribution in [0.1, 0.15) is 35.5 Å². The molecule has 0 aromatic carbocycles. The van der Waals surface area contributed by atoms with Crippen LogP contribution in [0.5, 0.6) is 0 Å². The van der Waals surface area contributed by atoms with Gasteiger partial charge in [0.25, 0.3) is 0 Å². The molecule has 2 saturated heterocycles. The van der Waals surface area contributed by atoms with Crippen LogP contribution in [0.25, 0.3) is 10.2 Å². The maximum atomic E-state index is 11.9. The zero-order valence-electron chi connectivity index (χ0n) is 18.7. The molecule has 4 heterocycles. The van der Waals surface area contributed by atoms with E-state index in [0.717, 1.165) is 67.6 Å². The standard InChI is InChI=1S/C22H32N4O4S/c1-15-16(2)31-22-20(15)21(23-18(24-22)14-25-8-11-29-12-9-25)26(7-6-19(27)28-3)13-17-5-4-10-30-17/h17H,4-14H2,1-3H3/t17-/m0/s1. The van der Waals surface area contributed by atoms with E-state index in [9.17, 15) is 4.79 Å². The predicted octanol–water partition coefficient (Wildman–Crippen LogP) is 2.69. The van der Waals surface area contributed by atoms with Gasteiger partial charge in [0.1, 0.15) is 16.5 Å². The number of rotatable bonds is 8. The van der Waals surface area contributed by atoms with Crippen molar-refractivity contribution in [2.45, 2.75) is 45.8 Å². The summed E-state index contributed by atoms with van der Waals surface area (Å²) in [5.41, 5.74) is 1.21. The Hall–Kier alpha value is -1.81. The predicted molar refractivity (Wildman–Crippen MR) is 121 cm³/mol. The van der Waals surface area contributed by atoms with Crippen LogP contribution in [-0.2, 0) is 25.5 Å². The quantitative estimate of drug-likeness (QED) is 0.571. The Bertz CT molecular complexity index is 907. The SMILES string of the molecule is COC(=O)CCN(C[C@@H]1CCCO1)c1nc(CN2CCOCC2)nc2sc(C)c(C)c12. The van der Waals surface area contributed by atoms with Gasteiger partial charge in [-0.3, -0.25) is 9.69 Å². The fourth-order valence-corrected chi connectivity index (χ4v) is 5.22. The zero-order chi connectivity index (χ0) is 21.8. The molecule has 0 amide bonds. The Morgan fingerprint density at radius 1 is 1.26 bits per heavy atom. The van der Waals surface area contributed by atoms with Crippen LogP contribution in [0.4, 0.5) is 5.82 Å². The maximum Gasteiger partial charge on any atom is 0.307 e. The van der Waals surface area contributed by atoms with Gasteiger partial charge in [-0.15, -0.1) is 11.3 Å². The van der Waals surface area contributed by atoms with Crippen molar-refractivity contribution in [3.63, 3.8) is 0 Å². The number of methoxy groups -OCH3 is 1. The minimum Gasteiger partial charge on any atom is -0.469 e. The summed E-state index contributed by atoms with van der Waals surface area (Å²) in [6, 6.07) is 0. The van der Waals surface area contributed by atoms with Crippen molar-refractivity contribution in [1.82, 2.24) is 14.9 Å². The fraction of sp³-hybridized carbons (Fsp3) is 0.682. The number of esters is 1. The molecule has 31 heavy (non-hydrogen) atoms. The first-order valence-corrected chi connectivity index (χ1v) is 11.9. The first-order chi connectivity index (χ1) is 15.0. The summed E-state index contributed by atoms with van der Waals surface area (Å²) >= 11 is 1.71. The molecule has 0 radical (unpaired) electrons. The normalized spacial score (nSPS) is 19.8. The lowest BCUT2D eigenvalue weighted by Crippen LogP contribution is -2.37. The van der Waals surface area contributed by atoms with Gasteiger partial charge in [-0.1, -0.05) is 0 Å². The van der Waals surface area contributed by atoms with Gasteiger partial charge in [0.2, 0.25) is 0 Å². The Balaban J connectivity index is 1.69. The van der Waals surface area contributed by atoms with Crippen molar-refractivity contribution in [2.75, 3.05) is 58.0 Å². The third kappa shape index (κ3) is 5.34. The summed E-state index contributed by atoms with van der Waals surface area (Å²) in [4.78, 5) is 28.7. The van der Waals surface area contributed by atoms with Crippen molar-refractivity contribution in [2.24, 2.45) is 0 Å². The molecule has 9 heteroatoms. The third-order valence-electron chi connectivity index (χ3n) is 6.09. The number of anilines is 1. The lowest BCUT2D eigenvalue weighted by Gasteiger charge is -2.29. The summed E-state index contributed by atoms with van der Waals surface area (Å²) in [6.45, 7) is 10.3. The number of aromatic nitrogens is 2. The van der Waals surface area contributed by atoms with Gasteiger partial charge in [0, 0.05) is 37.7 Å². The number of thiophene rings is 1. The van der Waals surface area contributed by atoms with Crippen molar-refractivity contribution >= 4 is 33.3 Å². The van der Waals surface area contributed by atoms with Crippen LogP contribution in [0.15, 0.2) is 0 Å². The molecule has 1 atom stereocenters. The van der Waals surface area contributed by atoms with E-state index in [4.69, 9.17) is 24.2 Å². The van der Waals surface area contributed by atoms with Crippen molar-refractivity contribution < 1.29 is 19.0 Å². The van der Waals surface area contributed by atoms with E-state index in [-0.39, 0.29) is 12.1 Å². The Labute approximate surface area is 187 Å². The zero-order valence-corrected chi connectivity index (χ0v) is 19.5. The number of hydrogen-bond donors (Lipinski definition) is 0. The Morgan fingerprint density at radius 2 is 2.06 bits per heavy atom. The highest BCUT2D eigenvalue weighted by Gasteiger charge is 2.25. The molecule has 2 aromatic heterocycles. The number of carbonyl (C=O) groups is 1. The van der Waals surface area contributed by atoms with Crippen LogP contribution in [0.3, 0.4) is 0 Å². The number of aryl methyl sites for hydroxylation is 2. The molecule has 0 aliphatic carbocycles. The molecule has 2 fully saturated rings. The molecule has 8 nitrogen and oxygen atoms in total. The largest absolute Gasteiger partial charge is 0.469 e. The lowest BCUT2D eigenvalue weighted by molar-refractivity contribution is -0.140. The summed E-state index contributed by atoms with van der Waals surface area (Å²) < 4.78 is 16.3. The summed E-state index contributed by atoms with van der Waals surface area (Å²) in [6.07, 6.45) is 2.58. The summed E-state index contributed by atoms with van der Waals surface area (Å²) in [5.74, 6) is 1.52. The van der Waals surface area contributed by atoms with Crippen LogP contribution in [-0.4, -0.2) is 80.1 Å². The van der Waals surface area contributed by atoms with E-state index in [1.807, 2.05) is 0 Å². The highest BCUT2D eigenvalue weighted by Crippen LogP contribution is 2.36. The van der Waals surface area contributed by atoms with Crippen molar-refractivity contribution in [1.29, 1.82) is 0 Å². The molecular weight excluding hydrogens is 416 g/mol. The minimum atomic E-state index is -0.214. The molecule has 2 aliphatic rings. The second-order valence-corrected chi connectivity index (χ2v) is 9.43. The van der Waals surface area contributed by atoms with Gasteiger partial charge in [-0.2, -0.15) is 0 Å². The third-order valence-corrected chi connectivity index (χ3v) is 7.19. The summed E-state index contributed by atoms with van der Waals surface area (Å²) in [7, 11) is 1.43. The van der Waals surface area contributed by atoms with Gasteiger partial charge in [-0.25, -0.2) is 9.97 Å². The number of morpholine rings is 1. The molecular formula is C22H32N4O4S. The van der Waals surface area contributed by atoms with E-state index in [1.54, 1.807) is 11.3 Å². The smallest absolute Gasteiger partial charge is 0.307 e. The highest BCUT2D eigenvalue weighted by molar-refractivity contribution is 7.18. The topological polar surface area (TPSA) is 77.0 Å². The molecule has 0 spiro atoms. The molecule has 0 unspecified atom stereocenters. The van der Waals surface area contributed by atoms with Crippen LogP contribution < -0.4 is 4.90 Å². The monoisotopic (exact) mass is 448 g/mol. The van der Waals surface area contributed by atoms with Crippen molar-refractivity contribution in [3.8, 4) is 0 Å². The second-order valence-electron chi connectivity index (χ2n) is 8.22. The Morgan fingerprint density at radius 3 is 2.77 bits per heavy atom. The average Bonchev–Trinajstić information content (AvgIpc) is 3.39. The van der Waals surface area contributed by atoms with Gasteiger partial charge in [-0.05, 0) is 32.3 Å². The Kier molecular flexibility index (Phi) is 7.37. The fourth-order valence-electron chi connectivity index (χ4n) is 4.18. The molecule has 2 aliphatic heterocycles. The average molecular weight is 449 g/mol. The number of hydrogen-bond acceptors (Lipinski definition) is 9. The lowest BCUT2D eigenvalue weighted by atomic mass is 10.1. The molecule has 0 saturated carbocycles. The minimum absolute atomic E-state index is 0.158. The first kappa shape index (κ1) is 22.4. The number of ether oxygens (including phenoxy) is 3. The van der Waals surface area contributed by atoms with E-state index in [0.29, 0.717) is 26.1 Å². The van der Waals surface area contributed by atoms with E-state index in [1.165, 1.54) is 17.6 Å². The van der Waals surface area contributed by atoms with Crippen LogP contribution in [0.2, 0.25) is 0 Å². The van der Waals surface area contributed by atoms with E-state index in [2.05, 4.69) is 23.6 Å². The van der Waals surface area contributed by atoms with Gasteiger partial charge in [0.05, 0.1) is 44.8 Å². The van der Waals surface area contributed by atoms with Crippen molar-refractivity contribution in [3.05, 3.63) is 16.3 Å². The number of nitrogens with zero attached hydrogens (tertiary/aromatic N) is 4. The van der Waals surface area contributed by atoms with Crippen LogP contribution >= 0.6 is 11.3 Å². The molecule has 0 bridgehead atoms. The number of carbonyl (C=O) groups excluding carboxylic acids is 1. The summed E-state index contributed by atoms with van der Waals surface area (Å²) in [5, 5.41) is 1.09. The van der Waals surface area contributed by atoms with Gasteiger partial charge >= 0.3 is 5.97 Å². The van der Waals surface area contributed by atoms with Gasteiger partial charge < -0.3 is 19.1 Å². The molecule has 170 valence electrons. The van der Waals surface area contributed by atoms with Gasteiger partial charge in [0.15, 0.2) is 0 Å².